The molecule has 22 heavy (non-hydrogen) atoms. The van der Waals surface area contributed by atoms with Gasteiger partial charge in [-0.2, -0.15) is 0 Å². The van der Waals surface area contributed by atoms with Crippen LogP contribution < -0.4 is 4.74 Å². The molecule has 3 nitrogen and oxygen atoms in total. The van der Waals surface area contributed by atoms with Gasteiger partial charge in [-0.05, 0) is 18.2 Å². The van der Waals surface area contributed by atoms with Crippen molar-refractivity contribution in [3.63, 3.8) is 0 Å². The fourth-order valence-electron chi connectivity index (χ4n) is 1.99. The molecule has 2 aromatic rings. The van der Waals surface area contributed by atoms with Crippen LogP contribution >= 0.6 is 0 Å². The van der Waals surface area contributed by atoms with Crippen LogP contribution in [-0.2, 0) is 6.54 Å². The molecule has 0 aliphatic carbocycles. The van der Waals surface area contributed by atoms with Gasteiger partial charge < -0.3 is 9.64 Å². The van der Waals surface area contributed by atoms with E-state index in [1.807, 2.05) is 0 Å². The number of amides is 1. The summed E-state index contributed by atoms with van der Waals surface area (Å²) in [6, 6.07) is 14.3. The largest absolute Gasteiger partial charge is 0.573 e. The molecule has 0 aliphatic heterocycles. The number of benzene rings is 2. The zero-order valence-electron chi connectivity index (χ0n) is 11.8. The first kappa shape index (κ1) is 15.9. The van der Waals surface area contributed by atoms with Crippen LogP contribution in [0.15, 0.2) is 54.6 Å². The molecule has 0 atom stereocenters. The molecule has 0 bridgehead atoms. The van der Waals surface area contributed by atoms with Gasteiger partial charge in [0.15, 0.2) is 0 Å². The standard InChI is InChI=1S/C16H14F3NO2/c1-20(15(21)12-7-3-2-4-8-12)11-13-9-5-6-10-14(13)22-16(17,18)19/h2-10H,11H2,1H3. The molecule has 1 amide bonds. The fourth-order valence-corrected chi connectivity index (χ4v) is 1.99. The summed E-state index contributed by atoms with van der Waals surface area (Å²) in [6.07, 6.45) is -4.77. The van der Waals surface area contributed by atoms with Crippen molar-refractivity contribution in [2.75, 3.05) is 7.05 Å². The first-order valence-corrected chi connectivity index (χ1v) is 6.51. The van der Waals surface area contributed by atoms with Crippen LogP contribution in [0.1, 0.15) is 15.9 Å². The zero-order chi connectivity index (χ0) is 16.2. The molecule has 2 rings (SSSR count). The Bertz CT molecular complexity index is 641. The number of hydrogen-bond acceptors (Lipinski definition) is 2. The van der Waals surface area contributed by atoms with Crippen molar-refractivity contribution < 1.29 is 22.7 Å². The molecule has 0 fully saturated rings. The van der Waals surface area contributed by atoms with E-state index < -0.39 is 6.36 Å². The Kier molecular flexibility index (Phi) is 4.70. The topological polar surface area (TPSA) is 29.5 Å². The Hall–Kier alpha value is -2.50. The molecule has 116 valence electrons. The van der Waals surface area contributed by atoms with Gasteiger partial charge in [-0.1, -0.05) is 36.4 Å². The molecule has 0 radical (unpaired) electrons. The van der Waals surface area contributed by atoms with Gasteiger partial charge >= 0.3 is 6.36 Å². The second-order valence-electron chi connectivity index (χ2n) is 4.68. The Morgan fingerprint density at radius 2 is 1.64 bits per heavy atom. The van der Waals surface area contributed by atoms with Crippen LogP contribution in [-0.4, -0.2) is 24.2 Å². The Labute approximate surface area is 125 Å². The van der Waals surface area contributed by atoms with Crippen molar-refractivity contribution in [3.05, 3.63) is 65.7 Å². The normalized spacial score (nSPS) is 11.1. The molecule has 0 heterocycles. The first-order valence-electron chi connectivity index (χ1n) is 6.51. The van der Waals surface area contributed by atoms with Gasteiger partial charge in [-0.25, -0.2) is 0 Å². The molecular weight excluding hydrogens is 295 g/mol. The van der Waals surface area contributed by atoms with Gasteiger partial charge in [-0.3, -0.25) is 4.79 Å². The predicted octanol–water partition coefficient (Wildman–Crippen LogP) is 3.86. The van der Waals surface area contributed by atoms with Crippen LogP contribution in [0.4, 0.5) is 13.2 Å². The highest BCUT2D eigenvalue weighted by Crippen LogP contribution is 2.27. The van der Waals surface area contributed by atoms with Crippen LogP contribution in [0.25, 0.3) is 0 Å². The monoisotopic (exact) mass is 309 g/mol. The van der Waals surface area contributed by atoms with Crippen molar-refractivity contribution in [1.29, 1.82) is 0 Å². The Morgan fingerprint density at radius 3 is 2.27 bits per heavy atom. The van der Waals surface area contributed by atoms with Crippen molar-refractivity contribution in [2.45, 2.75) is 12.9 Å². The van der Waals surface area contributed by atoms with Gasteiger partial charge in [0.2, 0.25) is 0 Å². The number of halogens is 3. The molecular formula is C16H14F3NO2. The molecule has 0 aromatic heterocycles. The number of ether oxygens (including phenoxy) is 1. The summed E-state index contributed by atoms with van der Waals surface area (Å²) in [5.74, 6) is -0.579. The maximum atomic E-state index is 12.4. The van der Waals surface area contributed by atoms with Crippen LogP contribution in [0, 0.1) is 0 Å². The number of alkyl halides is 3. The minimum absolute atomic E-state index is 0.0139. The smallest absolute Gasteiger partial charge is 0.405 e. The van der Waals surface area contributed by atoms with E-state index in [0.29, 0.717) is 5.56 Å². The Balaban J connectivity index is 2.15. The summed E-state index contributed by atoms with van der Waals surface area (Å²) in [4.78, 5) is 13.5. The highest BCUT2D eigenvalue weighted by Gasteiger charge is 2.32. The van der Waals surface area contributed by atoms with Gasteiger partial charge in [0.1, 0.15) is 5.75 Å². The lowest BCUT2D eigenvalue weighted by Crippen LogP contribution is -2.27. The number of para-hydroxylation sites is 1. The van der Waals surface area contributed by atoms with Crippen LogP contribution in [0.2, 0.25) is 0 Å². The van der Waals surface area contributed by atoms with E-state index in [1.165, 1.54) is 30.1 Å². The van der Waals surface area contributed by atoms with Crippen molar-refractivity contribution >= 4 is 5.91 Å². The van der Waals surface area contributed by atoms with E-state index in [-0.39, 0.29) is 23.8 Å². The van der Waals surface area contributed by atoms with Crippen LogP contribution in [0.3, 0.4) is 0 Å². The number of carbonyl (C=O) groups is 1. The summed E-state index contributed by atoms with van der Waals surface area (Å²) in [5.41, 5.74) is 0.755. The van der Waals surface area contributed by atoms with Gasteiger partial charge in [-0.15, -0.1) is 13.2 Å². The number of hydrogen-bond donors (Lipinski definition) is 0. The first-order chi connectivity index (χ1) is 10.4. The summed E-state index contributed by atoms with van der Waals surface area (Å²) in [5, 5.41) is 0. The average molecular weight is 309 g/mol. The quantitative estimate of drug-likeness (QED) is 0.858. The third-order valence-electron chi connectivity index (χ3n) is 2.97. The summed E-state index contributed by atoms with van der Waals surface area (Å²) >= 11 is 0. The third kappa shape index (κ3) is 4.25. The summed E-state index contributed by atoms with van der Waals surface area (Å²) in [7, 11) is 1.53. The minimum Gasteiger partial charge on any atom is -0.405 e. The average Bonchev–Trinajstić information content (AvgIpc) is 2.48. The highest BCUT2D eigenvalue weighted by molar-refractivity contribution is 5.93. The SMILES string of the molecule is CN(Cc1ccccc1OC(F)(F)F)C(=O)c1ccccc1. The van der Waals surface area contributed by atoms with Crippen molar-refractivity contribution in [2.24, 2.45) is 0 Å². The molecule has 0 spiro atoms. The van der Waals surface area contributed by atoms with Crippen molar-refractivity contribution in [3.8, 4) is 5.75 Å². The zero-order valence-corrected chi connectivity index (χ0v) is 11.8. The lowest BCUT2D eigenvalue weighted by molar-refractivity contribution is -0.274. The number of nitrogens with zero attached hydrogens (tertiary/aromatic N) is 1. The van der Waals surface area contributed by atoms with E-state index in [4.69, 9.17) is 0 Å². The van der Waals surface area contributed by atoms with Gasteiger partial charge in [0, 0.05) is 24.7 Å². The predicted molar refractivity (Wildman–Crippen MR) is 75.4 cm³/mol. The second kappa shape index (κ2) is 6.51. The van der Waals surface area contributed by atoms with Gasteiger partial charge in [0.25, 0.3) is 5.91 Å². The number of rotatable bonds is 4. The lowest BCUT2D eigenvalue weighted by atomic mass is 10.1. The molecule has 2 aromatic carbocycles. The number of carbonyl (C=O) groups excluding carboxylic acids is 1. The molecule has 0 unspecified atom stereocenters. The second-order valence-corrected chi connectivity index (χ2v) is 4.68. The van der Waals surface area contributed by atoms with E-state index in [1.54, 1.807) is 36.4 Å². The van der Waals surface area contributed by atoms with E-state index in [0.717, 1.165) is 0 Å². The van der Waals surface area contributed by atoms with Gasteiger partial charge in [0.05, 0.1) is 0 Å². The molecule has 0 aliphatic rings. The third-order valence-corrected chi connectivity index (χ3v) is 2.97. The summed E-state index contributed by atoms with van der Waals surface area (Å²) in [6.45, 7) is 0.0139. The van der Waals surface area contributed by atoms with E-state index in [9.17, 15) is 18.0 Å². The fraction of sp³-hybridized carbons (Fsp3) is 0.188. The maximum Gasteiger partial charge on any atom is 0.573 e. The molecule has 6 heteroatoms. The highest BCUT2D eigenvalue weighted by atomic mass is 19.4. The van der Waals surface area contributed by atoms with E-state index >= 15 is 0 Å². The molecule has 0 N–H and O–H groups in total. The Morgan fingerprint density at radius 1 is 1.05 bits per heavy atom. The molecule has 0 saturated carbocycles. The lowest BCUT2D eigenvalue weighted by Gasteiger charge is -2.20. The summed E-state index contributed by atoms with van der Waals surface area (Å²) < 4.78 is 41.1. The van der Waals surface area contributed by atoms with E-state index in [2.05, 4.69) is 4.74 Å². The van der Waals surface area contributed by atoms with Crippen molar-refractivity contribution in [1.82, 2.24) is 4.90 Å². The minimum atomic E-state index is -4.77. The van der Waals surface area contributed by atoms with Crippen LogP contribution in [0.5, 0.6) is 5.75 Å². The molecule has 0 saturated heterocycles. The maximum absolute atomic E-state index is 12.4.